The topological polar surface area (TPSA) is 26.0 Å². The zero-order valence-electron chi connectivity index (χ0n) is 6.89. The molecule has 11 heavy (non-hydrogen) atoms. The van der Waals surface area contributed by atoms with E-state index in [4.69, 9.17) is 4.42 Å². The van der Waals surface area contributed by atoms with Crippen molar-refractivity contribution in [3.05, 3.63) is 17.3 Å². The van der Waals surface area contributed by atoms with E-state index in [-0.39, 0.29) is 0 Å². The van der Waals surface area contributed by atoms with Crippen LogP contribution in [0.4, 0.5) is 0 Å². The second-order valence-corrected chi connectivity index (χ2v) is 3.04. The highest BCUT2D eigenvalue weighted by Crippen LogP contribution is 2.21. The smallest absolute Gasteiger partial charge is 0.194 e. The molecule has 0 radical (unpaired) electrons. The van der Waals surface area contributed by atoms with Crippen molar-refractivity contribution in [3.8, 4) is 0 Å². The molecular weight excluding hydrogens is 138 g/mol. The summed E-state index contributed by atoms with van der Waals surface area (Å²) < 4.78 is 5.54. The Morgan fingerprint density at radius 3 is 2.91 bits per heavy atom. The molecule has 0 fully saturated rings. The Bertz CT molecular complexity index is 229. The van der Waals surface area contributed by atoms with E-state index in [1.54, 1.807) is 0 Å². The molecular formula is C9H13NO. The molecule has 0 saturated carbocycles. The van der Waals surface area contributed by atoms with Crippen LogP contribution < -0.4 is 0 Å². The third-order valence-electron chi connectivity index (χ3n) is 2.19. The highest BCUT2D eigenvalue weighted by Gasteiger charge is 2.15. The third kappa shape index (κ3) is 1.17. The molecule has 1 aliphatic carbocycles. The van der Waals surface area contributed by atoms with E-state index in [9.17, 15) is 0 Å². The monoisotopic (exact) mass is 151 g/mol. The zero-order chi connectivity index (χ0) is 7.68. The van der Waals surface area contributed by atoms with Gasteiger partial charge in [0.2, 0.25) is 0 Å². The van der Waals surface area contributed by atoms with E-state index in [0.29, 0.717) is 0 Å². The second-order valence-electron chi connectivity index (χ2n) is 3.04. The van der Waals surface area contributed by atoms with E-state index in [0.717, 1.165) is 30.9 Å². The van der Waals surface area contributed by atoms with Gasteiger partial charge < -0.3 is 4.42 Å². The number of fused-ring (bicyclic) bond motifs is 1. The Morgan fingerprint density at radius 1 is 1.36 bits per heavy atom. The quantitative estimate of drug-likeness (QED) is 0.614. The SMILES string of the molecule is CCc1nc2c(o1)CCCC2. The molecule has 2 nitrogen and oxygen atoms in total. The van der Waals surface area contributed by atoms with Gasteiger partial charge in [0.15, 0.2) is 5.89 Å². The van der Waals surface area contributed by atoms with E-state index < -0.39 is 0 Å². The number of hydrogen-bond donors (Lipinski definition) is 0. The molecule has 1 aromatic rings. The summed E-state index contributed by atoms with van der Waals surface area (Å²) in [5, 5.41) is 0. The van der Waals surface area contributed by atoms with Gasteiger partial charge in [-0.3, -0.25) is 0 Å². The van der Waals surface area contributed by atoms with Crippen LogP contribution in [0.25, 0.3) is 0 Å². The van der Waals surface area contributed by atoms with Gasteiger partial charge in [-0.05, 0) is 19.3 Å². The number of hydrogen-bond acceptors (Lipinski definition) is 2. The van der Waals surface area contributed by atoms with Crippen LogP contribution in [-0.4, -0.2) is 4.98 Å². The maximum Gasteiger partial charge on any atom is 0.194 e. The van der Waals surface area contributed by atoms with Crippen molar-refractivity contribution in [3.63, 3.8) is 0 Å². The van der Waals surface area contributed by atoms with Gasteiger partial charge in [-0.25, -0.2) is 4.98 Å². The zero-order valence-corrected chi connectivity index (χ0v) is 6.89. The third-order valence-corrected chi connectivity index (χ3v) is 2.19. The van der Waals surface area contributed by atoms with Crippen molar-refractivity contribution in [1.29, 1.82) is 0 Å². The number of aromatic nitrogens is 1. The van der Waals surface area contributed by atoms with Crippen LogP contribution in [0.15, 0.2) is 4.42 Å². The highest BCUT2D eigenvalue weighted by atomic mass is 16.4. The molecule has 0 N–H and O–H groups in total. The molecule has 0 aromatic carbocycles. The summed E-state index contributed by atoms with van der Waals surface area (Å²) >= 11 is 0. The van der Waals surface area contributed by atoms with Crippen LogP contribution in [0.3, 0.4) is 0 Å². The summed E-state index contributed by atoms with van der Waals surface area (Å²) in [4.78, 5) is 4.40. The normalized spacial score (nSPS) is 16.5. The van der Waals surface area contributed by atoms with E-state index in [2.05, 4.69) is 11.9 Å². The van der Waals surface area contributed by atoms with Gasteiger partial charge in [0.25, 0.3) is 0 Å². The molecule has 0 bridgehead atoms. The first-order valence-electron chi connectivity index (χ1n) is 4.37. The van der Waals surface area contributed by atoms with Crippen LogP contribution in [-0.2, 0) is 19.3 Å². The molecule has 0 saturated heterocycles. The maximum absolute atomic E-state index is 5.54. The second kappa shape index (κ2) is 2.68. The summed E-state index contributed by atoms with van der Waals surface area (Å²) in [6.07, 6.45) is 5.70. The van der Waals surface area contributed by atoms with Gasteiger partial charge in [-0.2, -0.15) is 0 Å². The lowest BCUT2D eigenvalue weighted by Gasteiger charge is -2.05. The van der Waals surface area contributed by atoms with Gasteiger partial charge in [0, 0.05) is 12.8 Å². The number of nitrogens with zero attached hydrogens (tertiary/aromatic N) is 1. The van der Waals surface area contributed by atoms with E-state index >= 15 is 0 Å². The first-order valence-corrected chi connectivity index (χ1v) is 4.37. The lowest BCUT2D eigenvalue weighted by atomic mass is 10.0. The molecule has 0 unspecified atom stereocenters. The molecule has 0 spiro atoms. The minimum absolute atomic E-state index is 0.914. The molecule has 2 heteroatoms. The average Bonchev–Trinajstić information content (AvgIpc) is 2.46. The first kappa shape index (κ1) is 6.89. The lowest BCUT2D eigenvalue weighted by molar-refractivity contribution is 0.443. The Kier molecular flexibility index (Phi) is 1.68. The Labute approximate surface area is 66.6 Å². The van der Waals surface area contributed by atoms with Gasteiger partial charge >= 0.3 is 0 Å². The predicted octanol–water partition coefficient (Wildman–Crippen LogP) is 2.12. The van der Waals surface area contributed by atoms with E-state index in [1.807, 2.05) is 0 Å². The average molecular weight is 151 g/mol. The van der Waals surface area contributed by atoms with Crippen molar-refractivity contribution < 1.29 is 4.42 Å². The highest BCUT2D eigenvalue weighted by molar-refractivity contribution is 5.13. The fraction of sp³-hybridized carbons (Fsp3) is 0.667. The summed E-state index contributed by atoms with van der Waals surface area (Å²) in [7, 11) is 0. The van der Waals surface area contributed by atoms with Crippen molar-refractivity contribution >= 4 is 0 Å². The minimum Gasteiger partial charge on any atom is -0.445 e. The van der Waals surface area contributed by atoms with Gasteiger partial charge in [-0.15, -0.1) is 0 Å². The summed E-state index contributed by atoms with van der Waals surface area (Å²) in [6.45, 7) is 2.08. The van der Waals surface area contributed by atoms with Gasteiger partial charge in [-0.1, -0.05) is 6.92 Å². The Morgan fingerprint density at radius 2 is 2.18 bits per heavy atom. The summed E-state index contributed by atoms with van der Waals surface area (Å²) in [5.74, 6) is 2.06. The summed E-state index contributed by atoms with van der Waals surface area (Å²) in [6, 6.07) is 0. The first-order chi connectivity index (χ1) is 5.40. The molecule has 1 aliphatic rings. The van der Waals surface area contributed by atoms with Crippen molar-refractivity contribution in [2.45, 2.75) is 39.0 Å². The molecule has 60 valence electrons. The standard InChI is InChI=1S/C9H13NO/c1-2-9-10-7-5-3-4-6-8(7)11-9/h2-6H2,1H3. The Hall–Kier alpha value is -0.790. The minimum atomic E-state index is 0.914. The van der Waals surface area contributed by atoms with Crippen LogP contribution in [0.5, 0.6) is 0 Å². The molecule has 0 aliphatic heterocycles. The maximum atomic E-state index is 5.54. The lowest BCUT2D eigenvalue weighted by Crippen LogP contribution is -1.99. The number of aryl methyl sites for hydroxylation is 3. The predicted molar refractivity (Wildman–Crippen MR) is 42.5 cm³/mol. The molecule has 1 aromatic heterocycles. The molecule has 0 amide bonds. The van der Waals surface area contributed by atoms with Crippen LogP contribution in [0.1, 0.15) is 37.1 Å². The van der Waals surface area contributed by atoms with Crippen molar-refractivity contribution in [2.24, 2.45) is 0 Å². The fourth-order valence-electron chi connectivity index (χ4n) is 1.56. The van der Waals surface area contributed by atoms with Crippen molar-refractivity contribution in [2.75, 3.05) is 0 Å². The molecule has 2 rings (SSSR count). The fourth-order valence-corrected chi connectivity index (χ4v) is 1.56. The van der Waals surface area contributed by atoms with Crippen LogP contribution in [0, 0.1) is 0 Å². The van der Waals surface area contributed by atoms with Crippen LogP contribution in [0.2, 0.25) is 0 Å². The molecule has 0 atom stereocenters. The van der Waals surface area contributed by atoms with Crippen molar-refractivity contribution in [1.82, 2.24) is 4.98 Å². The Balaban J connectivity index is 2.32. The number of rotatable bonds is 1. The number of oxazole rings is 1. The van der Waals surface area contributed by atoms with Gasteiger partial charge in [0.05, 0.1) is 5.69 Å². The van der Waals surface area contributed by atoms with E-state index in [1.165, 1.54) is 18.5 Å². The summed E-state index contributed by atoms with van der Waals surface area (Å²) in [5.41, 5.74) is 1.22. The largest absolute Gasteiger partial charge is 0.445 e. The van der Waals surface area contributed by atoms with Crippen LogP contribution >= 0.6 is 0 Å². The van der Waals surface area contributed by atoms with Gasteiger partial charge in [0.1, 0.15) is 5.76 Å². The molecule has 1 heterocycles.